The minimum atomic E-state index is 0.293. The molecule has 0 bridgehead atoms. The Morgan fingerprint density at radius 2 is 2.00 bits per heavy atom. The monoisotopic (exact) mass is 248 g/mol. The van der Waals surface area contributed by atoms with Crippen molar-refractivity contribution >= 4 is 11.4 Å². The Bertz CT molecular complexity index is 405. The van der Waals surface area contributed by atoms with Gasteiger partial charge in [0.25, 0.3) is 0 Å². The summed E-state index contributed by atoms with van der Waals surface area (Å²) in [6.07, 6.45) is 2.19. The zero-order valence-electron chi connectivity index (χ0n) is 11.7. The van der Waals surface area contributed by atoms with Crippen molar-refractivity contribution in [1.82, 2.24) is 0 Å². The van der Waals surface area contributed by atoms with Crippen LogP contribution in [0.1, 0.15) is 33.6 Å². The number of para-hydroxylation sites is 1. The van der Waals surface area contributed by atoms with Crippen LogP contribution in [-0.2, 0) is 0 Å². The molecular weight excluding hydrogens is 224 g/mol. The van der Waals surface area contributed by atoms with Crippen molar-refractivity contribution in [1.29, 1.82) is 0 Å². The summed E-state index contributed by atoms with van der Waals surface area (Å²) >= 11 is 0. The molecule has 0 saturated carbocycles. The fourth-order valence-corrected chi connectivity index (χ4v) is 2.12. The van der Waals surface area contributed by atoms with Gasteiger partial charge in [-0.1, -0.05) is 26.8 Å². The molecule has 0 radical (unpaired) electrons. The number of fused-ring (bicyclic) bond motifs is 1. The summed E-state index contributed by atoms with van der Waals surface area (Å²) in [7, 11) is 0. The minimum absolute atomic E-state index is 0.293. The van der Waals surface area contributed by atoms with E-state index in [9.17, 15) is 0 Å². The lowest BCUT2D eigenvalue weighted by molar-refractivity contribution is 0.318. The van der Waals surface area contributed by atoms with Crippen LogP contribution < -0.4 is 15.4 Å². The molecule has 1 aliphatic heterocycles. The molecule has 3 nitrogen and oxygen atoms in total. The van der Waals surface area contributed by atoms with E-state index in [2.05, 4.69) is 37.5 Å². The number of nitrogens with one attached hydrogen (secondary N) is 2. The highest BCUT2D eigenvalue weighted by Crippen LogP contribution is 2.37. The minimum Gasteiger partial charge on any atom is -0.491 e. The number of anilines is 2. The standard InChI is InChI=1S/C15H24N2O/c1-4-9-18-13-8-6-7-12-14(13)17-11-15(3,5-2)10-16-12/h6-8,16-17H,4-5,9-11H2,1-3H3. The fraction of sp³-hybridized carbons (Fsp3) is 0.600. The summed E-state index contributed by atoms with van der Waals surface area (Å²) in [5, 5.41) is 7.10. The van der Waals surface area contributed by atoms with Gasteiger partial charge in [-0.3, -0.25) is 0 Å². The summed E-state index contributed by atoms with van der Waals surface area (Å²) in [6, 6.07) is 6.20. The summed E-state index contributed by atoms with van der Waals surface area (Å²) in [5.74, 6) is 0.960. The molecule has 100 valence electrons. The van der Waals surface area contributed by atoms with Gasteiger partial charge < -0.3 is 15.4 Å². The van der Waals surface area contributed by atoms with E-state index in [4.69, 9.17) is 4.74 Å². The van der Waals surface area contributed by atoms with E-state index in [-0.39, 0.29) is 0 Å². The molecule has 0 aromatic heterocycles. The average molecular weight is 248 g/mol. The fourth-order valence-electron chi connectivity index (χ4n) is 2.12. The van der Waals surface area contributed by atoms with Crippen molar-refractivity contribution in [2.75, 3.05) is 30.3 Å². The van der Waals surface area contributed by atoms with E-state index in [1.54, 1.807) is 0 Å². The molecule has 0 saturated heterocycles. The molecule has 1 aliphatic rings. The van der Waals surface area contributed by atoms with Gasteiger partial charge in [0.05, 0.1) is 12.3 Å². The molecule has 2 rings (SSSR count). The van der Waals surface area contributed by atoms with E-state index >= 15 is 0 Å². The SMILES string of the molecule is CCCOc1cccc2c1NCC(C)(CC)CN2. The largest absolute Gasteiger partial charge is 0.491 e. The van der Waals surface area contributed by atoms with Crippen LogP contribution in [0.2, 0.25) is 0 Å². The van der Waals surface area contributed by atoms with Crippen molar-refractivity contribution in [3.8, 4) is 5.75 Å². The normalized spacial score (nSPS) is 22.4. The average Bonchev–Trinajstić information content (AvgIpc) is 2.57. The Hall–Kier alpha value is -1.38. The molecule has 1 heterocycles. The second kappa shape index (κ2) is 5.51. The topological polar surface area (TPSA) is 33.3 Å². The van der Waals surface area contributed by atoms with Crippen molar-refractivity contribution in [2.45, 2.75) is 33.6 Å². The Morgan fingerprint density at radius 1 is 1.22 bits per heavy atom. The van der Waals surface area contributed by atoms with E-state index < -0.39 is 0 Å². The Morgan fingerprint density at radius 3 is 2.72 bits per heavy atom. The molecule has 1 atom stereocenters. The zero-order valence-corrected chi connectivity index (χ0v) is 11.7. The second-order valence-electron chi connectivity index (χ2n) is 5.40. The molecule has 0 amide bonds. The Labute approximate surface area is 110 Å². The van der Waals surface area contributed by atoms with Crippen molar-refractivity contribution < 1.29 is 4.74 Å². The summed E-state index contributed by atoms with van der Waals surface area (Å²) < 4.78 is 5.81. The second-order valence-corrected chi connectivity index (χ2v) is 5.40. The molecule has 0 fully saturated rings. The maximum Gasteiger partial charge on any atom is 0.144 e. The highest BCUT2D eigenvalue weighted by atomic mass is 16.5. The van der Waals surface area contributed by atoms with E-state index in [1.165, 1.54) is 0 Å². The molecule has 1 unspecified atom stereocenters. The van der Waals surface area contributed by atoms with Crippen molar-refractivity contribution in [2.24, 2.45) is 5.41 Å². The number of hydrogen-bond acceptors (Lipinski definition) is 3. The summed E-state index contributed by atoms with van der Waals surface area (Å²) in [4.78, 5) is 0. The Balaban J connectivity index is 2.21. The molecule has 2 N–H and O–H groups in total. The lowest BCUT2D eigenvalue weighted by Crippen LogP contribution is -2.30. The number of rotatable bonds is 4. The molecule has 0 spiro atoms. The van der Waals surface area contributed by atoms with E-state index in [0.29, 0.717) is 5.41 Å². The molecule has 1 aromatic rings. The predicted octanol–water partition coefficient (Wildman–Crippen LogP) is 3.73. The predicted molar refractivity (Wildman–Crippen MR) is 77.6 cm³/mol. The first-order valence-corrected chi connectivity index (χ1v) is 6.92. The Kier molecular flexibility index (Phi) is 4.00. The van der Waals surface area contributed by atoms with Crippen molar-refractivity contribution in [3.05, 3.63) is 18.2 Å². The number of ether oxygens (including phenoxy) is 1. The van der Waals surface area contributed by atoms with Crippen LogP contribution in [0, 0.1) is 5.41 Å². The first-order chi connectivity index (χ1) is 8.68. The zero-order chi connectivity index (χ0) is 13.0. The van der Waals surface area contributed by atoms with Crippen LogP contribution in [0.3, 0.4) is 0 Å². The van der Waals surface area contributed by atoms with Gasteiger partial charge in [-0.05, 0) is 25.0 Å². The van der Waals surface area contributed by atoms with Crippen LogP contribution in [-0.4, -0.2) is 19.7 Å². The van der Waals surface area contributed by atoms with Gasteiger partial charge in [0.15, 0.2) is 0 Å². The highest BCUT2D eigenvalue weighted by Gasteiger charge is 2.26. The van der Waals surface area contributed by atoms with Crippen LogP contribution in [0.5, 0.6) is 5.75 Å². The number of hydrogen-bond donors (Lipinski definition) is 2. The van der Waals surface area contributed by atoms with E-state index in [0.717, 1.165) is 49.7 Å². The molecule has 1 aromatic carbocycles. The third-order valence-electron chi connectivity index (χ3n) is 3.74. The maximum atomic E-state index is 5.81. The van der Waals surface area contributed by atoms with Gasteiger partial charge in [0.1, 0.15) is 11.4 Å². The lowest BCUT2D eigenvalue weighted by Gasteiger charge is -2.26. The first-order valence-electron chi connectivity index (χ1n) is 6.92. The van der Waals surface area contributed by atoms with Crippen LogP contribution >= 0.6 is 0 Å². The van der Waals surface area contributed by atoms with Crippen LogP contribution in [0.4, 0.5) is 11.4 Å². The van der Waals surface area contributed by atoms with Gasteiger partial charge in [-0.25, -0.2) is 0 Å². The molecular formula is C15H24N2O. The third-order valence-corrected chi connectivity index (χ3v) is 3.74. The number of benzene rings is 1. The maximum absolute atomic E-state index is 5.81. The van der Waals surface area contributed by atoms with Gasteiger partial charge in [0, 0.05) is 18.5 Å². The molecule has 3 heteroatoms. The lowest BCUT2D eigenvalue weighted by atomic mass is 9.88. The highest BCUT2D eigenvalue weighted by molar-refractivity contribution is 5.76. The summed E-state index contributed by atoms with van der Waals surface area (Å²) in [6.45, 7) is 9.43. The molecule has 0 aliphatic carbocycles. The van der Waals surface area contributed by atoms with E-state index in [1.807, 2.05) is 12.1 Å². The first kappa shape index (κ1) is 13.1. The van der Waals surface area contributed by atoms with Crippen LogP contribution in [0.15, 0.2) is 18.2 Å². The van der Waals surface area contributed by atoms with Gasteiger partial charge in [-0.2, -0.15) is 0 Å². The van der Waals surface area contributed by atoms with Gasteiger partial charge >= 0.3 is 0 Å². The smallest absolute Gasteiger partial charge is 0.144 e. The van der Waals surface area contributed by atoms with Gasteiger partial charge in [0.2, 0.25) is 0 Å². The summed E-state index contributed by atoms with van der Waals surface area (Å²) in [5.41, 5.74) is 2.56. The van der Waals surface area contributed by atoms with Gasteiger partial charge in [-0.15, -0.1) is 0 Å². The molecule has 18 heavy (non-hydrogen) atoms. The quantitative estimate of drug-likeness (QED) is 0.851. The van der Waals surface area contributed by atoms with Crippen LogP contribution in [0.25, 0.3) is 0 Å². The van der Waals surface area contributed by atoms with Crippen molar-refractivity contribution in [3.63, 3.8) is 0 Å². The third kappa shape index (κ3) is 2.71.